The van der Waals surface area contributed by atoms with Crippen LogP contribution in [0, 0.1) is 10.1 Å². The maximum Gasteiger partial charge on any atom is 0.293 e. The van der Waals surface area contributed by atoms with Gasteiger partial charge in [-0.05, 0) is 25.0 Å². The van der Waals surface area contributed by atoms with Gasteiger partial charge >= 0.3 is 0 Å². The fraction of sp³-hybridized carbons (Fsp3) is 0.500. The van der Waals surface area contributed by atoms with Crippen molar-refractivity contribution in [3.8, 4) is 0 Å². The summed E-state index contributed by atoms with van der Waals surface area (Å²) in [4.78, 5) is 10.1. The van der Waals surface area contributed by atoms with Crippen molar-refractivity contribution in [3.63, 3.8) is 0 Å². The number of piperidine rings is 1. The largest absolute Gasteiger partial charge is 0.393 e. The van der Waals surface area contributed by atoms with E-state index in [9.17, 15) is 18.5 Å². The van der Waals surface area contributed by atoms with Crippen LogP contribution in [-0.4, -0.2) is 43.9 Å². The van der Waals surface area contributed by atoms with Crippen molar-refractivity contribution in [3.05, 3.63) is 28.3 Å². The molecule has 1 saturated heterocycles. The smallest absolute Gasteiger partial charge is 0.293 e. The Kier molecular flexibility index (Phi) is 4.45. The van der Waals surface area contributed by atoms with Gasteiger partial charge in [0.1, 0.15) is 5.69 Å². The minimum atomic E-state index is -3.75. The molecule has 0 atom stereocenters. The van der Waals surface area contributed by atoms with Crippen LogP contribution in [0.5, 0.6) is 0 Å². The lowest BCUT2D eigenvalue weighted by atomic mass is 10.1. The number of nitro benzene ring substituents is 1. The maximum atomic E-state index is 12.5. The van der Waals surface area contributed by atoms with Crippen molar-refractivity contribution < 1.29 is 18.1 Å². The van der Waals surface area contributed by atoms with Gasteiger partial charge in [0.15, 0.2) is 0 Å². The Balaban J connectivity index is 2.28. The summed E-state index contributed by atoms with van der Waals surface area (Å²) < 4.78 is 31.5. The second-order valence-corrected chi connectivity index (χ2v) is 6.75. The summed E-state index contributed by atoms with van der Waals surface area (Å²) in [5.74, 6) is 0. The summed E-state index contributed by atoms with van der Waals surface area (Å²) in [5, 5.41) is 10.9. The molecule has 2 rings (SSSR count). The van der Waals surface area contributed by atoms with Gasteiger partial charge in [-0.1, -0.05) is 0 Å². The highest BCUT2D eigenvalue weighted by Crippen LogP contribution is 2.28. The highest BCUT2D eigenvalue weighted by atomic mass is 32.2. The third-order valence-corrected chi connectivity index (χ3v) is 5.47. The topological polar surface area (TPSA) is 116 Å². The van der Waals surface area contributed by atoms with Crippen LogP contribution >= 0.6 is 0 Å². The molecule has 1 heterocycles. The Morgan fingerprint density at radius 3 is 2.52 bits per heavy atom. The zero-order chi connectivity index (χ0) is 15.6. The van der Waals surface area contributed by atoms with E-state index in [1.54, 1.807) is 7.11 Å². The summed E-state index contributed by atoms with van der Waals surface area (Å²) in [6.45, 7) is 0.665. The third kappa shape index (κ3) is 3.14. The first-order valence-corrected chi connectivity index (χ1v) is 7.87. The maximum absolute atomic E-state index is 12.5. The normalized spacial score (nSPS) is 17.8. The number of nitrogens with two attached hydrogens (primary N) is 1. The lowest BCUT2D eigenvalue weighted by Gasteiger charge is -2.30. The van der Waals surface area contributed by atoms with Gasteiger partial charge < -0.3 is 10.5 Å². The van der Waals surface area contributed by atoms with Crippen molar-refractivity contribution in [2.45, 2.75) is 23.8 Å². The van der Waals surface area contributed by atoms with Crippen LogP contribution < -0.4 is 5.73 Å². The highest BCUT2D eigenvalue weighted by Gasteiger charge is 2.30. The molecule has 0 spiro atoms. The van der Waals surface area contributed by atoms with E-state index in [4.69, 9.17) is 10.5 Å². The number of nitrogen functional groups attached to an aromatic ring is 1. The molecule has 116 valence electrons. The predicted molar refractivity (Wildman–Crippen MR) is 76.3 cm³/mol. The molecule has 0 saturated carbocycles. The van der Waals surface area contributed by atoms with E-state index in [0.29, 0.717) is 25.9 Å². The zero-order valence-electron chi connectivity index (χ0n) is 11.6. The molecule has 2 N–H and O–H groups in total. The molecule has 0 radical (unpaired) electrons. The van der Waals surface area contributed by atoms with Gasteiger partial charge in [-0.3, -0.25) is 10.1 Å². The van der Waals surface area contributed by atoms with E-state index in [1.807, 2.05) is 0 Å². The quantitative estimate of drug-likeness (QED) is 0.503. The average Bonchev–Trinajstić information content (AvgIpc) is 2.47. The Bertz CT molecular complexity index is 638. The molecule has 0 aromatic heterocycles. The molecule has 1 aromatic rings. The fourth-order valence-corrected chi connectivity index (χ4v) is 3.79. The van der Waals surface area contributed by atoms with Gasteiger partial charge in [0, 0.05) is 26.3 Å². The molecule has 0 unspecified atom stereocenters. The molecule has 1 fully saturated rings. The van der Waals surface area contributed by atoms with Crippen LogP contribution in [0.15, 0.2) is 23.1 Å². The minimum Gasteiger partial charge on any atom is -0.393 e. The minimum absolute atomic E-state index is 0.0530. The second-order valence-electron chi connectivity index (χ2n) is 4.82. The van der Waals surface area contributed by atoms with Gasteiger partial charge in [-0.15, -0.1) is 0 Å². The number of nitrogens with zero attached hydrogens (tertiary/aromatic N) is 2. The van der Waals surface area contributed by atoms with Crippen LogP contribution in [0.25, 0.3) is 0 Å². The number of sulfonamides is 1. The van der Waals surface area contributed by atoms with Crippen molar-refractivity contribution >= 4 is 21.4 Å². The first-order chi connectivity index (χ1) is 9.86. The molecule has 21 heavy (non-hydrogen) atoms. The first-order valence-electron chi connectivity index (χ1n) is 6.43. The number of nitro groups is 1. The molecule has 1 aliphatic heterocycles. The van der Waals surface area contributed by atoms with E-state index in [-0.39, 0.29) is 16.7 Å². The summed E-state index contributed by atoms with van der Waals surface area (Å²) in [6, 6.07) is 3.54. The summed E-state index contributed by atoms with van der Waals surface area (Å²) in [6.07, 6.45) is 1.26. The van der Waals surface area contributed by atoms with E-state index in [1.165, 1.54) is 16.4 Å². The van der Waals surface area contributed by atoms with Crippen LogP contribution in [0.2, 0.25) is 0 Å². The predicted octanol–water partition coefficient (Wildman–Crippen LogP) is 0.977. The summed E-state index contributed by atoms with van der Waals surface area (Å²) in [5.41, 5.74) is 5.02. The fourth-order valence-electron chi connectivity index (χ4n) is 2.30. The molecule has 1 aromatic carbocycles. The number of hydrogen-bond acceptors (Lipinski definition) is 6. The Morgan fingerprint density at radius 2 is 2.00 bits per heavy atom. The number of benzene rings is 1. The number of methoxy groups -OCH3 is 1. The van der Waals surface area contributed by atoms with Gasteiger partial charge in [0.05, 0.1) is 15.9 Å². The van der Waals surface area contributed by atoms with E-state index < -0.39 is 20.6 Å². The van der Waals surface area contributed by atoms with Crippen molar-refractivity contribution in [1.29, 1.82) is 0 Å². The number of rotatable bonds is 4. The second kappa shape index (κ2) is 5.96. The van der Waals surface area contributed by atoms with Crippen LogP contribution in [-0.2, 0) is 14.8 Å². The number of anilines is 1. The van der Waals surface area contributed by atoms with Crippen LogP contribution in [0.1, 0.15) is 12.8 Å². The summed E-state index contributed by atoms with van der Waals surface area (Å²) >= 11 is 0. The zero-order valence-corrected chi connectivity index (χ0v) is 12.4. The van der Waals surface area contributed by atoms with Crippen molar-refractivity contribution in [2.75, 3.05) is 25.9 Å². The standard InChI is InChI=1S/C12H17N3O5S/c1-20-9-4-6-14(7-5-9)21(18,19)10-2-3-11(13)12(8-10)15(16)17/h2-3,8-9H,4-7,13H2,1H3. The average molecular weight is 315 g/mol. The summed E-state index contributed by atoms with van der Waals surface area (Å²) in [7, 11) is -2.15. The van der Waals surface area contributed by atoms with E-state index >= 15 is 0 Å². The molecule has 9 heteroatoms. The molecule has 0 amide bonds. The Labute approximate surface area is 122 Å². The van der Waals surface area contributed by atoms with Gasteiger partial charge in [0.2, 0.25) is 10.0 Å². The molecular formula is C12H17N3O5S. The first kappa shape index (κ1) is 15.7. The van der Waals surface area contributed by atoms with Gasteiger partial charge in [0.25, 0.3) is 5.69 Å². The molecular weight excluding hydrogens is 298 g/mol. The number of hydrogen-bond donors (Lipinski definition) is 1. The van der Waals surface area contributed by atoms with Gasteiger partial charge in [-0.2, -0.15) is 4.31 Å². The monoisotopic (exact) mass is 315 g/mol. The highest BCUT2D eigenvalue weighted by molar-refractivity contribution is 7.89. The molecule has 0 bridgehead atoms. The Hall–Kier alpha value is -1.71. The van der Waals surface area contributed by atoms with Crippen LogP contribution in [0.4, 0.5) is 11.4 Å². The molecule has 1 aliphatic rings. The lowest BCUT2D eigenvalue weighted by molar-refractivity contribution is -0.384. The molecule has 0 aliphatic carbocycles. The van der Waals surface area contributed by atoms with Gasteiger partial charge in [-0.25, -0.2) is 8.42 Å². The molecule has 8 nitrogen and oxygen atoms in total. The SMILES string of the molecule is COC1CCN(S(=O)(=O)c2ccc(N)c([N+](=O)[O-])c2)CC1. The van der Waals surface area contributed by atoms with Crippen molar-refractivity contribution in [2.24, 2.45) is 0 Å². The number of ether oxygens (including phenoxy) is 1. The van der Waals surface area contributed by atoms with E-state index in [2.05, 4.69) is 0 Å². The Morgan fingerprint density at radius 1 is 1.38 bits per heavy atom. The lowest BCUT2D eigenvalue weighted by Crippen LogP contribution is -2.40. The third-order valence-electron chi connectivity index (χ3n) is 3.57. The van der Waals surface area contributed by atoms with Crippen molar-refractivity contribution in [1.82, 2.24) is 4.31 Å². The van der Waals surface area contributed by atoms with Crippen LogP contribution in [0.3, 0.4) is 0 Å². The van der Waals surface area contributed by atoms with E-state index in [0.717, 1.165) is 6.07 Å².